The zero-order valence-electron chi connectivity index (χ0n) is 68.1. The summed E-state index contributed by atoms with van der Waals surface area (Å²) in [4.78, 5) is 5.57. The van der Waals surface area contributed by atoms with Crippen LogP contribution < -0.4 is 26.2 Å². The van der Waals surface area contributed by atoms with Gasteiger partial charge in [-0.2, -0.15) is 0 Å². The first kappa shape index (κ1) is 73.6. The quantitative estimate of drug-likeness (QED) is 0.100. The monoisotopic (exact) mass is 1500 g/mol. The summed E-state index contributed by atoms with van der Waals surface area (Å²) in [5.41, 5.74) is 40.7. The summed E-state index contributed by atoms with van der Waals surface area (Å²) in [6.07, 6.45) is 0. The maximum Gasteiger partial charge on any atom is 0.252 e. The van der Waals surface area contributed by atoms with Crippen molar-refractivity contribution in [3.63, 3.8) is 0 Å². The SMILES string of the molecule is CC(C)(C)c1cccc(-c2ccc3c(c2)B2c4cc(-c5cccc(C(C)(C)C)c5)ccc4N(c4c(-c5ccccc5)c(-c5ccccc5)c(-c5ccccc5)c(-c5ccccc5)c4-c4ccccc4)c4cc(C(C)(C)C)cc(c42)N3c2c(-c3ccccc3)c(-c3ccccc3)c(-c3ccccc3)c(-c3ccccc3)c2-c2ccccc2)c1. The third kappa shape index (κ3) is 13.3. The molecule has 0 aliphatic carbocycles. The summed E-state index contributed by atoms with van der Waals surface area (Å²) in [6.45, 7) is 20.9. The first-order valence-corrected chi connectivity index (χ1v) is 41.3. The highest BCUT2D eigenvalue weighted by molar-refractivity contribution is 7.00. The van der Waals surface area contributed by atoms with Gasteiger partial charge in [-0.15, -0.1) is 0 Å². The predicted octanol–water partition coefficient (Wildman–Crippen LogP) is 29.7. The molecule has 3 heteroatoms. The van der Waals surface area contributed by atoms with Gasteiger partial charge in [-0.1, -0.05) is 438 Å². The Hall–Kier alpha value is -13.6. The van der Waals surface area contributed by atoms with Crippen molar-refractivity contribution in [2.45, 2.75) is 78.6 Å². The highest BCUT2D eigenvalue weighted by Gasteiger charge is 2.48. The lowest BCUT2D eigenvalue weighted by atomic mass is 9.33. The maximum atomic E-state index is 2.78. The van der Waals surface area contributed by atoms with Crippen molar-refractivity contribution in [2.24, 2.45) is 0 Å². The number of fused-ring (bicyclic) bond motifs is 4. The summed E-state index contributed by atoms with van der Waals surface area (Å²) in [7, 11) is 0. The average Bonchev–Trinajstić information content (AvgIpc) is 0.828. The van der Waals surface area contributed by atoms with Gasteiger partial charge >= 0.3 is 0 Å². The van der Waals surface area contributed by atoms with Crippen LogP contribution in [0.25, 0.3) is 134 Å². The second-order valence-electron chi connectivity index (χ2n) is 34.6. The van der Waals surface area contributed by atoms with Crippen LogP contribution in [0.5, 0.6) is 0 Å². The van der Waals surface area contributed by atoms with Crippen LogP contribution in [0.2, 0.25) is 0 Å². The lowest BCUT2D eigenvalue weighted by molar-refractivity contribution is 0.590. The molecule has 0 radical (unpaired) electrons. The number of benzene rings is 17. The third-order valence-corrected chi connectivity index (χ3v) is 24.1. The molecule has 0 fully saturated rings. The van der Waals surface area contributed by atoms with Gasteiger partial charge in [-0.05, 0) is 163 Å². The van der Waals surface area contributed by atoms with E-state index < -0.39 is 5.41 Å². The molecule has 2 aliphatic heterocycles. The Labute approximate surface area is 691 Å². The van der Waals surface area contributed by atoms with Crippen molar-refractivity contribution >= 4 is 57.2 Å². The molecule has 0 N–H and O–H groups in total. The Bertz CT molecular complexity index is 5950. The average molecular weight is 1500 g/mol. The first-order valence-electron chi connectivity index (χ1n) is 41.3. The molecule has 2 aliphatic rings. The molecule has 0 bridgehead atoms. The van der Waals surface area contributed by atoms with Crippen LogP contribution in [0.1, 0.15) is 79.0 Å². The second kappa shape index (κ2) is 30.0. The highest BCUT2D eigenvalue weighted by Crippen LogP contribution is 2.63. The molecule has 2 nitrogen and oxygen atoms in total. The Balaban J connectivity index is 1.08. The van der Waals surface area contributed by atoms with Gasteiger partial charge in [0, 0.05) is 67.3 Å². The Morgan fingerprint density at radius 1 is 0.171 bits per heavy atom. The number of nitrogens with zero attached hydrogens (tertiary/aromatic N) is 2. The molecule has 117 heavy (non-hydrogen) atoms. The van der Waals surface area contributed by atoms with E-state index in [0.29, 0.717) is 0 Å². The van der Waals surface area contributed by atoms with E-state index in [0.717, 1.165) is 157 Å². The van der Waals surface area contributed by atoms with Crippen molar-refractivity contribution in [1.29, 1.82) is 0 Å². The smallest absolute Gasteiger partial charge is 0.252 e. The Morgan fingerprint density at radius 2 is 0.376 bits per heavy atom. The minimum atomic E-state index is -0.416. The van der Waals surface area contributed by atoms with Gasteiger partial charge in [0.2, 0.25) is 0 Å². The highest BCUT2D eigenvalue weighted by atomic mass is 15.2. The van der Waals surface area contributed by atoms with E-state index in [2.05, 4.69) is 472 Å². The van der Waals surface area contributed by atoms with Gasteiger partial charge in [0.15, 0.2) is 0 Å². The van der Waals surface area contributed by atoms with Crippen LogP contribution in [0.3, 0.4) is 0 Å². The molecule has 0 saturated carbocycles. The largest absolute Gasteiger partial charge is 0.310 e. The zero-order valence-corrected chi connectivity index (χ0v) is 68.1. The zero-order chi connectivity index (χ0) is 79.7. The number of hydrogen-bond acceptors (Lipinski definition) is 2. The molecule has 0 unspecified atom stereocenters. The van der Waals surface area contributed by atoms with Crippen LogP contribution in [0.4, 0.5) is 34.1 Å². The molecular formula is C114H93BN2. The fraction of sp³-hybridized carbons (Fsp3) is 0.105. The molecule has 2 heterocycles. The lowest BCUT2D eigenvalue weighted by Gasteiger charge is -2.47. The topological polar surface area (TPSA) is 6.48 Å². The lowest BCUT2D eigenvalue weighted by Crippen LogP contribution is -2.61. The van der Waals surface area contributed by atoms with Crippen molar-refractivity contribution in [2.75, 3.05) is 9.80 Å². The molecule has 0 amide bonds. The first-order chi connectivity index (χ1) is 57.0. The summed E-state index contributed by atoms with van der Waals surface area (Å²) >= 11 is 0. The van der Waals surface area contributed by atoms with Gasteiger partial charge in [-0.25, -0.2) is 0 Å². The van der Waals surface area contributed by atoms with Crippen LogP contribution in [0, 0.1) is 0 Å². The number of hydrogen-bond donors (Lipinski definition) is 0. The van der Waals surface area contributed by atoms with Crippen molar-refractivity contribution in [1.82, 2.24) is 0 Å². The van der Waals surface area contributed by atoms with Crippen molar-refractivity contribution in [3.05, 3.63) is 417 Å². The van der Waals surface area contributed by atoms with Gasteiger partial charge in [-0.3, -0.25) is 0 Å². The molecule has 562 valence electrons. The second-order valence-corrected chi connectivity index (χ2v) is 34.6. The summed E-state index contributed by atoms with van der Waals surface area (Å²) in [5.74, 6) is 0. The summed E-state index contributed by atoms with van der Waals surface area (Å²) < 4.78 is 0. The number of rotatable bonds is 14. The Morgan fingerprint density at radius 3 is 0.607 bits per heavy atom. The maximum absolute atomic E-state index is 2.78. The fourth-order valence-corrected chi connectivity index (χ4v) is 18.4. The molecule has 17 aromatic carbocycles. The van der Waals surface area contributed by atoms with Crippen molar-refractivity contribution in [3.8, 4) is 134 Å². The molecule has 0 atom stereocenters. The standard InChI is InChI=1S/C114H93BN2/c1-112(2,3)90-64-40-62-86(70-90)88-66-68-95-93(72-88)115-94-73-89(87-63-41-65-91(71-87)113(4,5)6)67-69-96(94)117(111-107(84-58-36-18-37-59-84)103(80-50-28-14-29-51-80)100(77-44-22-11-23-45-77)104(81-52-30-15-31-53-81)108(111)85-60-38-19-39-61-85)98-75-92(114(7,8)9)74-97(109(98)115)116(95)110-105(82-54-32-16-33-55-82)101(78-46-24-12-25-47-78)99(76-42-20-10-21-43-76)102(79-48-26-13-27-49-79)106(110)83-56-34-17-35-57-83/h10-75H,1-9H3. The third-order valence-electron chi connectivity index (χ3n) is 24.1. The summed E-state index contributed by atoms with van der Waals surface area (Å²) in [6, 6.07) is 152. The molecule has 19 rings (SSSR count). The molecular weight excluding hydrogens is 1410 g/mol. The minimum Gasteiger partial charge on any atom is -0.310 e. The van der Waals surface area contributed by atoms with Crippen LogP contribution in [0.15, 0.2) is 400 Å². The molecule has 17 aromatic rings. The summed E-state index contributed by atoms with van der Waals surface area (Å²) in [5, 5.41) is 0. The molecule has 0 spiro atoms. The van der Waals surface area contributed by atoms with E-state index >= 15 is 0 Å². The van der Waals surface area contributed by atoms with E-state index in [1.165, 1.54) is 44.2 Å². The number of anilines is 6. The molecule has 0 aromatic heterocycles. The fourth-order valence-electron chi connectivity index (χ4n) is 18.4. The predicted molar refractivity (Wildman–Crippen MR) is 502 cm³/mol. The van der Waals surface area contributed by atoms with E-state index in [-0.39, 0.29) is 17.5 Å². The Kier molecular flexibility index (Phi) is 18.9. The van der Waals surface area contributed by atoms with E-state index in [4.69, 9.17) is 0 Å². The van der Waals surface area contributed by atoms with Crippen LogP contribution in [-0.2, 0) is 16.2 Å². The van der Waals surface area contributed by atoms with Crippen molar-refractivity contribution < 1.29 is 0 Å². The van der Waals surface area contributed by atoms with E-state index in [9.17, 15) is 0 Å². The van der Waals surface area contributed by atoms with E-state index in [1.54, 1.807) is 0 Å². The van der Waals surface area contributed by atoms with Crippen LogP contribution in [-0.4, -0.2) is 6.71 Å². The van der Waals surface area contributed by atoms with Crippen LogP contribution >= 0.6 is 0 Å². The van der Waals surface area contributed by atoms with Gasteiger partial charge in [0.1, 0.15) is 0 Å². The normalized spacial score (nSPS) is 12.4. The van der Waals surface area contributed by atoms with Gasteiger partial charge in [0.05, 0.1) is 11.4 Å². The van der Waals surface area contributed by atoms with E-state index in [1.807, 2.05) is 0 Å². The van der Waals surface area contributed by atoms with Gasteiger partial charge < -0.3 is 9.80 Å². The van der Waals surface area contributed by atoms with Gasteiger partial charge in [0.25, 0.3) is 6.71 Å². The molecule has 0 saturated heterocycles. The minimum absolute atomic E-state index is 0.107.